The smallest absolute Gasteiger partial charge is 0.394 e. The van der Waals surface area contributed by atoms with Crippen molar-refractivity contribution < 1.29 is 53.5 Å². The van der Waals surface area contributed by atoms with E-state index >= 15 is 0 Å². The van der Waals surface area contributed by atoms with Gasteiger partial charge in [-0.15, -0.1) is 0 Å². The van der Waals surface area contributed by atoms with E-state index in [0.717, 1.165) is 10.9 Å². The summed E-state index contributed by atoms with van der Waals surface area (Å²) in [7, 11) is -5.21. The molecule has 33 heavy (non-hydrogen) atoms. The van der Waals surface area contributed by atoms with Crippen LogP contribution in [0.25, 0.3) is 11.2 Å². The van der Waals surface area contributed by atoms with Gasteiger partial charge in [0, 0.05) is 0 Å². The first kappa shape index (κ1) is 24.1. The Morgan fingerprint density at radius 2 is 2.03 bits per heavy atom. The Balaban J connectivity index is 1.55. The Labute approximate surface area is 183 Å². The van der Waals surface area contributed by atoms with Gasteiger partial charge in [0.25, 0.3) is 11.5 Å². The average Bonchev–Trinajstić information content (AvgIpc) is 3.35. The highest BCUT2D eigenvalue weighted by Gasteiger charge is 2.54. The molecule has 4 rings (SSSR count). The molecule has 0 saturated carbocycles. The van der Waals surface area contributed by atoms with Crippen LogP contribution in [-0.4, -0.2) is 99.7 Å². The van der Waals surface area contributed by atoms with Crippen molar-refractivity contribution in [1.29, 1.82) is 0 Å². The fourth-order valence-electron chi connectivity index (χ4n) is 3.69. The first-order chi connectivity index (χ1) is 15.5. The molecule has 0 radical (unpaired) electrons. The van der Waals surface area contributed by atoms with E-state index in [1.54, 1.807) is 0 Å². The number of ether oxygens (including phenoxy) is 2. The number of H-pyrrole nitrogens is 1. The first-order valence-corrected chi connectivity index (χ1v) is 11.0. The Kier molecular flexibility index (Phi) is 6.31. The zero-order valence-electron chi connectivity index (χ0n) is 16.7. The monoisotopic (exact) mass is 495 g/mol. The molecular formula is C15H22N5O12P. The van der Waals surface area contributed by atoms with Crippen LogP contribution in [0.5, 0.6) is 0 Å². The van der Waals surface area contributed by atoms with Crippen LogP contribution in [0.3, 0.4) is 0 Å². The van der Waals surface area contributed by atoms with Crippen LogP contribution >= 0.6 is 7.82 Å². The average molecular weight is 495 g/mol. The highest BCUT2D eigenvalue weighted by molar-refractivity contribution is 7.47. The molecule has 0 aromatic carbocycles. The van der Waals surface area contributed by atoms with Crippen LogP contribution in [0, 0.1) is 0 Å². The summed E-state index contributed by atoms with van der Waals surface area (Å²) in [5.41, 5.74) is 4.69. The molecule has 18 heteroatoms. The number of aromatic amines is 1. The molecule has 2 aliphatic heterocycles. The van der Waals surface area contributed by atoms with Crippen molar-refractivity contribution in [2.45, 2.75) is 49.1 Å². The zero-order chi connectivity index (χ0) is 24.1. The molecule has 1 unspecified atom stereocenters. The van der Waals surface area contributed by atoms with Crippen molar-refractivity contribution in [3.8, 4) is 0 Å². The van der Waals surface area contributed by atoms with Gasteiger partial charge < -0.3 is 45.6 Å². The number of hydrogen-bond donors (Lipinski definition) is 8. The number of aliphatic hydroxyl groups is 5. The Morgan fingerprint density at radius 3 is 2.67 bits per heavy atom. The van der Waals surface area contributed by atoms with E-state index in [0.29, 0.717) is 0 Å². The van der Waals surface area contributed by atoms with E-state index in [4.69, 9.17) is 24.8 Å². The summed E-state index contributed by atoms with van der Waals surface area (Å²) >= 11 is 0. The van der Waals surface area contributed by atoms with Gasteiger partial charge in [0.05, 0.1) is 32.1 Å². The number of aromatic nitrogens is 4. The SMILES string of the molecule is Nc1nc2c(ncn2[C@@H]2O[C@H](CO)[C@@H](OP(=O)(O)O[C@]3(O)C[C@H](O)[C@@H](CO)O3)[C@H]2O)c(=O)[nH]1. The standard InChI is InChI=1S/C15H22N5O12P/c16-14-18-11-8(12(25)19-14)17-4-20(11)13-9(24)10(7(3-22)29-13)31-33(27,28)32-15(26)1-5(23)6(2-21)30-15/h4-7,9-10,13,21-24,26H,1-3H2,(H,27,28)(H3,16,18,19,25)/t5-,6+,7+,9+,10+,13+,15-/m0/s1. The highest BCUT2D eigenvalue weighted by Crippen LogP contribution is 2.53. The second kappa shape index (κ2) is 8.64. The maximum atomic E-state index is 12.5. The van der Waals surface area contributed by atoms with Gasteiger partial charge >= 0.3 is 7.82 Å². The number of imidazole rings is 1. The van der Waals surface area contributed by atoms with E-state index in [2.05, 4.69) is 19.5 Å². The summed E-state index contributed by atoms with van der Waals surface area (Å²) in [5.74, 6) is -3.01. The number of nitrogens with zero attached hydrogens (tertiary/aromatic N) is 3. The second-order valence-electron chi connectivity index (χ2n) is 7.47. The molecule has 2 aromatic heterocycles. The number of nitrogen functional groups attached to an aromatic ring is 1. The fraction of sp³-hybridized carbons (Fsp3) is 0.667. The normalized spacial score (nSPS) is 36.4. The molecule has 9 N–H and O–H groups in total. The molecule has 2 aromatic rings. The predicted octanol–water partition coefficient (Wildman–Crippen LogP) is -3.76. The van der Waals surface area contributed by atoms with Gasteiger partial charge in [-0.05, 0) is 0 Å². The molecular weight excluding hydrogens is 473 g/mol. The van der Waals surface area contributed by atoms with E-state index in [9.17, 15) is 34.7 Å². The molecule has 2 saturated heterocycles. The van der Waals surface area contributed by atoms with E-state index in [-0.39, 0.29) is 17.1 Å². The number of anilines is 1. The number of hydrogen-bond acceptors (Lipinski definition) is 14. The third-order valence-corrected chi connectivity index (χ3v) is 6.16. The fourth-order valence-corrected chi connectivity index (χ4v) is 4.78. The Morgan fingerprint density at radius 1 is 1.33 bits per heavy atom. The van der Waals surface area contributed by atoms with E-state index < -0.39 is 75.7 Å². The Hall–Kier alpha value is -2.02. The van der Waals surface area contributed by atoms with Crippen LogP contribution in [-0.2, 0) is 23.1 Å². The second-order valence-corrected chi connectivity index (χ2v) is 8.80. The van der Waals surface area contributed by atoms with Gasteiger partial charge in [0.15, 0.2) is 17.4 Å². The van der Waals surface area contributed by atoms with E-state index in [1.165, 1.54) is 0 Å². The third-order valence-electron chi connectivity index (χ3n) is 5.14. The lowest BCUT2D eigenvalue weighted by Gasteiger charge is -2.27. The van der Waals surface area contributed by atoms with Crippen molar-refractivity contribution in [3.05, 3.63) is 16.7 Å². The number of fused-ring (bicyclic) bond motifs is 1. The topological polar surface area (TPSA) is 265 Å². The number of phosphoric ester groups is 1. The number of aliphatic hydroxyl groups excluding tert-OH is 4. The van der Waals surface area contributed by atoms with E-state index in [1.807, 2.05) is 0 Å². The molecule has 2 fully saturated rings. The number of nitrogens with two attached hydrogens (primary N) is 1. The minimum atomic E-state index is -5.21. The van der Waals surface area contributed by atoms with Crippen LogP contribution in [0.2, 0.25) is 0 Å². The molecule has 17 nitrogen and oxygen atoms in total. The maximum absolute atomic E-state index is 12.5. The molecule has 184 valence electrons. The molecule has 0 spiro atoms. The van der Waals surface area contributed by atoms with Gasteiger partial charge in [-0.1, -0.05) is 0 Å². The number of nitrogens with one attached hydrogen (secondary N) is 1. The molecule has 8 atom stereocenters. The Bertz CT molecular complexity index is 1130. The minimum Gasteiger partial charge on any atom is -0.394 e. The van der Waals surface area contributed by atoms with Crippen molar-refractivity contribution in [3.63, 3.8) is 0 Å². The van der Waals surface area contributed by atoms with Crippen LogP contribution in [0.4, 0.5) is 5.95 Å². The van der Waals surface area contributed by atoms with Crippen LogP contribution in [0.1, 0.15) is 12.6 Å². The lowest BCUT2D eigenvalue weighted by atomic mass is 10.1. The van der Waals surface area contributed by atoms with Crippen molar-refractivity contribution in [2.24, 2.45) is 0 Å². The lowest BCUT2D eigenvalue weighted by molar-refractivity contribution is -0.317. The van der Waals surface area contributed by atoms with Crippen molar-refractivity contribution in [2.75, 3.05) is 18.9 Å². The van der Waals surface area contributed by atoms with Crippen molar-refractivity contribution in [1.82, 2.24) is 19.5 Å². The van der Waals surface area contributed by atoms with Gasteiger partial charge in [-0.25, -0.2) is 14.1 Å². The molecule has 2 aliphatic rings. The lowest BCUT2D eigenvalue weighted by Crippen LogP contribution is -2.37. The summed E-state index contributed by atoms with van der Waals surface area (Å²) < 4.78 is 33.6. The largest absolute Gasteiger partial charge is 0.477 e. The molecule has 4 heterocycles. The molecule has 0 bridgehead atoms. The quantitative estimate of drug-likeness (QED) is 0.135. The van der Waals surface area contributed by atoms with Gasteiger partial charge in [-0.3, -0.25) is 18.9 Å². The summed E-state index contributed by atoms with van der Waals surface area (Å²) in [6, 6.07) is 0. The van der Waals surface area contributed by atoms with Crippen LogP contribution < -0.4 is 11.3 Å². The summed E-state index contributed by atoms with van der Waals surface area (Å²) in [5, 5.41) is 49.4. The van der Waals surface area contributed by atoms with Gasteiger partial charge in [-0.2, -0.15) is 4.98 Å². The van der Waals surface area contributed by atoms with Crippen LogP contribution in [0.15, 0.2) is 11.1 Å². The zero-order valence-corrected chi connectivity index (χ0v) is 17.6. The van der Waals surface area contributed by atoms with Gasteiger partial charge in [0.1, 0.15) is 24.4 Å². The first-order valence-electron chi connectivity index (χ1n) is 9.54. The molecule has 0 aliphatic carbocycles. The summed E-state index contributed by atoms with van der Waals surface area (Å²) in [6.45, 7) is -1.47. The number of rotatable bonds is 7. The summed E-state index contributed by atoms with van der Waals surface area (Å²) in [4.78, 5) is 32.1. The molecule has 0 amide bonds. The minimum absolute atomic E-state index is 0.0706. The highest BCUT2D eigenvalue weighted by atomic mass is 31.2. The van der Waals surface area contributed by atoms with Gasteiger partial charge in [0.2, 0.25) is 5.95 Å². The summed E-state index contributed by atoms with van der Waals surface area (Å²) in [6.07, 6.45) is -8.37. The predicted molar refractivity (Wildman–Crippen MR) is 103 cm³/mol. The third kappa shape index (κ3) is 4.53. The van der Waals surface area contributed by atoms with Crippen molar-refractivity contribution >= 4 is 24.9 Å². The number of phosphoric acid groups is 1. The maximum Gasteiger partial charge on any atom is 0.477 e.